The van der Waals surface area contributed by atoms with Crippen LogP contribution in [-0.2, 0) is 6.54 Å². The summed E-state index contributed by atoms with van der Waals surface area (Å²) in [7, 11) is 2.21. The predicted molar refractivity (Wildman–Crippen MR) is 68.7 cm³/mol. The lowest BCUT2D eigenvalue weighted by atomic mass is 10.2. The first-order valence-corrected chi connectivity index (χ1v) is 6.44. The summed E-state index contributed by atoms with van der Waals surface area (Å²) in [5, 5.41) is 0. The first kappa shape index (κ1) is 12.6. The molecule has 0 aromatic carbocycles. The molecule has 2 N–H and O–H groups in total. The summed E-state index contributed by atoms with van der Waals surface area (Å²) in [5.41, 5.74) is 5.69. The van der Waals surface area contributed by atoms with Gasteiger partial charge in [-0.3, -0.25) is 4.90 Å². The number of nitrogens with two attached hydrogens (primary N) is 1. The van der Waals surface area contributed by atoms with Gasteiger partial charge in [-0.25, -0.2) is 0 Å². The van der Waals surface area contributed by atoms with Gasteiger partial charge in [0.05, 0.1) is 12.8 Å². The zero-order valence-electron chi connectivity index (χ0n) is 10.6. The van der Waals surface area contributed by atoms with Gasteiger partial charge in [0.25, 0.3) is 0 Å². The Labute approximate surface area is 103 Å². The van der Waals surface area contributed by atoms with Gasteiger partial charge in [-0.2, -0.15) is 0 Å². The van der Waals surface area contributed by atoms with Crippen molar-refractivity contribution in [2.75, 3.05) is 33.2 Å². The predicted octanol–water partition coefficient (Wildman–Crippen LogP) is 1.13. The molecule has 1 aromatic rings. The second kappa shape index (κ2) is 6.19. The Morgan fingerprint density at radius 3 is 3.06 bits per heavy atom. The molecule has 1 fully saturated rings. The third-order valence-electron chi connectivity index (χ3n) is 3.54. The normalized spacial score (nSPS) is 23.8. The van der Waals surface area contributed by atoms with Crippen LogP contribution in [0.2, 0.25) is 0 Å². The van der Waals surface area contributed by atoms with Gasteiger partial charge >= 0.3 is 0 Å². The minimum atomic E-state index is 0.581. The van der Waals surface area contributed by atoms with Gasteiger partial charge in [0.15, 0.2) is 0 Å². The van der Waals surface area contributed by atoms with Gasteiger partial charge in [-0.15, -0.1) is 0 Å². The number of rotatable bonds is 4. The van der Waals surface area contributed by atoms with Crippen LogP contribution in [0, 0.1) is 0 Å². The molecule has 4 nitrogen and oxygen atoms in total. The van der Waals surface area contributed by atoms with Crippen molar-refractivity contribution in [1.82, 2.24) is 9.80 Å². The highest BCUT2D eigenvalue weighted by atomic mass is 16.3. The number of likely N-dealkylation sites (N-methyl/N-ethyl adjacent to an activating group) is 1. The average molecular weight is 237 g/mol. The highest BCUT2D eigenvalue weighted by molar-refractivity contribution is 4.98. The average Bonchev–Trinajstić information content (AvgIpc) is 2.74. The number of nitrogens with zero attached hydrogens (tertiary/aromatic N) is 2. The second-order valence-corrected chi connectivity index (χ2v) is 4.88. The molecule has 1 aliphatic rings. The Morgan fingerprint density at radius 2 is 2.35 bits per heavy atom. The topological polar surface area (TPSA) is 45.6 Å². The van der Waals surface area contributed by atoms with E-state index in [-0.39, 0.29) is 0 Å². The summed E-state index contributed by atoms with van der Waals surface area (Å²) in [6.07, 6.45) is 4.04. The first-order chi connectivity index (χ1) is 8.29. The highest BCUT2D eigenvalue weighted by Gasteiger charge is 2.21. The van der Waals surface area contributed by atoms with Gasteiger partial charge < -0.3 is 15.1 Å². The minimum absolute atomic E-state index is 0.581. The van der Waals surface area contributed by atoms with Crippen molar-refractivity contribution < 1.29 is 4.42 Å². The summed E-state index contributed by atoms with van der Waals surface area (Å²) in [4.78, 5) is 4.91. The van der Waals surface area contributed by atoms with Crippen LogP contribution in [0.25, 0.3) is 0 Å². The molecule has 4 heteroatoms. The Kier molecular flexibility index (Phi) is 4.59. The van der Waals surface area contributed by atoms with E-state index in [1.807, 2.05) is 12.1 Å². The fraction of sp³-hybridized carbons (Fsp3) is 0.692. The van der Waals surface area contributed by atoms with Gasteiger partial charge in [0.2, 0.25) is 0 Å². The molecule has 0 spiro atoms. The van der Waals surface area contributed by atoms with Crippen LogP contribution in [0.15, 0.2) is 22.8 Å². The summed E-state index contributed by atoms with van der Waals surface area (Å²) < 4.78 is 5.42. The molecular formula is C13H23N3O. The maximum Gasteiger partial charge on any atom is 0.117 e. The van der Waals surface area contributed by atoms with Crippen LogP contribution in [0.3, 0.4) is 0 Å². The largest absolute Gasteiger partial charge is 0.468 e. The zero-order valence-corrected chi connectivity index (χ0v) is 10.6. The van der Waals surface area contributed by atoms with E-state index in [1.54, 1.807) is 6.26 Å². The lowest BCUT2D eigenvalue weighted by Gasteiger charge is -2.28. The second-order valence-electron chi connectivity index (χ2n) is 4.88. The summed E-state index contributed by atoms with van der Waals surface area (Å²) >= 11 is 0. The standard InChI is InChI=1S/C13H23N3O/c1-15-7-3-8-16(10-12(15)5-6-14)11-13-4-2-9-17-13/h2,4,9,12H,3,5-8,10-11,14H2,1H3. The monoisotopic (exact) mass is 237 g/mol. The van der Waals surface area contributed by atoms with E-state index in [0.717, 1.165) is 38.4 Å². The first-order valence-electron chi connectivity index (χ1n) is 6.44. The smallest absolute Gasteiger partial charge is 0.117 e. The summed E-state index contributed by atoms with van der Waals surface area (Å²) in [6.45, 7) is 5.09. The SMILES string of the molecule is CN1CCCN(Cc2ccco2)CC1CCN. The highest BCUT2D eigenvalue weighted by Crippen LogP contribution is 2.14. The van der Waals surface area contributed by atoms with Crippen molar-refractivity contribution in [1.29, 1.82) is 0 Å². The lowest BCUT2D eigenvalue weighted by molar-refractivity contribution is 0.188. The van der Waals surface area contributed by atoms with Crippen LogP contribution in [0.5, 0.6) is 0 Å². The molecule has 1 atom stereocenters. The lowest BCUT2D eigenvalue weighted by Crippen LogP contribution is -2.39. The Morgan fingerprint density at radius 1 is 1.47 bits per heavy atom. The van der Waals surface area contributed by atoms with E-state index in [4.69, 9.17) is 10.2 Å². The summed E-state index contributed by atoms with van der Waals surface area (Å²) in [6, 6.07) is 4.58. The van der Waals surface area contributed by atoms with E-state index < -0.39 is 0 Å². The fourth-order valence-corrected chi connectivity index (χ4v) is 2.53. The maximum atomic E-state index is 5.69. The van der Waals surface area contributed by atoms with Crippen molar-refractivity contribution in [3.8, 4) is 0 Å². The Bertz CT molecular complexity index is 312. The molecule has 17 heavy (non-hydrogen) atoms. The summed E-state index contributed by atoms with van der Waals surface area (Å²) in [5.74, 6) is 1.06. The van der Waals surface area contributed by atoms with Gasteiger partial charge in [0, 0.05) is 12.6 Å². The van der Waals surface area contributed by atoms with E-state index in [9.17, 15) is 0 Å². The molecule has 1 aromatic heterocycles. The van der Waals surface area contributed by atoms with Crippen LogP contribution in [-0.4, -0.2) is 49.1 Å². The van der Waals surface area contributed by atoms with Crippen LogP contribution in [0.4, 0.5) is 0 Å². The molecule has 1 aliphatic heterocycles. The maximum absolute atomic E-state index is 5.69. The Hall–Kier alpha value is -0.840. The van der Waals surface area contributed by atoms with Crippen LogP contribution in [0.1, 0.15) is 18.6 Å². The molecule has 0 amide bonds. The number of furan rings is 1. The molecule has 2 rings (SSSR count). The Balaban J connectivity index is 1.93. The third-order valence-corrected chi connectivity index (χ3v) is 3.54. The molecule has 1 saturated heterocycles. The van der Waals surface area contributed by atoms with Crippen molar-refractivity contribution in [3.05, 3.63) is 24.2 Å². The minimum Gasteiger partial charge on any atom is -0.468 e. The van der Waals surface area contributed by atoms with Crippen LogP contribution >= 0.6 is 0 Å². The molecule has 1 unspecified atom stereocenters. The molecule has 0 aliphatic carbocycles. The number of hydrogen-bond donors (Lipinski definition) is 1. The molecule has 96 valence electrons. The van der Waals surface area contributed by atoms with Crippen molar-refractivity contribution in [2.45, 2.75) is 25.4 Å². The third kappa shape index (κ3) is 3.56. The molecule has 0 radical (unpaired) electrons. The number of hydrogen-bond acceptors (Lipinski definition) is 4. The zero-order chi connectivity index (χ0) is 12.1. The van der Waals surface area contributed by atoms with E-state index >= 15 is 0 Å². The quantitative estimate of drug-likeness (QED) is 0.853. The fourth-order valence-electron chi connectivity index (χ4n) is 2.53. The molecule has 0 bridgehead atoms. The van der Waals surface area contributed by atoms with Crippen molar-refractivity contribution in [3.63, 3.8) is 0 Å². The molecular weight excluding hydrogens is 214 g/mol. The molecule has 0 saturated carbocycles. The molecule has 2 heterocycles. The van der Waals surface area contributed by atoms with Crippen molar-refractivity contribution in [2.24, 2.45) is 5.73 Å². The van der Waals surface area contributed by atoms with E-state index in [0.29, 0.717) is 6.04 Å². The van der Waals surface area contributed by atoms with Crippen LogP contribution < -0.4 is 5.73 Å². The van der Waals surface area contributed by atoms with E-state index in [1.165, 1.54) is 13.0 Å². The van der Waals surface area contributed by atoms with Gasteiger partial charge in [-0.1, -0.05) is 0 Å². The van der Waals surface area contributed by atoms with E-state index in [2.05, 4.69) is 16.8 Å². The van der Waals surface area contributed by atoms with Gasteiger partial charge in [-0.05, 0) is 51.7 Å². The van der Waals surface area contributed by atoms with Crippen molar-refractivity contribution >= 4 is 0 Å². The van der Waals surface area contributed by atoms with Gasteiger partial charge in [0.1, 0.15) is 5.76 Å².